The molecule has 0 spiro atoms. The molecule has 7 nitrogen and oxygen atoms in total. The number of piperazine rings is 1. The van der Waals surface area contributed by atoms with Crippen molar-refractivity contribution in [2.24, 2.45) is 0 Å². The molecule has 0 atom stereocenters. The van der Waals surface area contributed by atoms with Crippen LogP contribution >= 0.6 is 23.2 Å². The van der Waals surface area contributed by atoms with Crippen LogP contribution in [0, 0.1) is 0 Å². The van der Waals surface area contributed by atoms with Crippen molar-refractivity contribution in [3.05, 3.63) is 46.2 Å². The lowest BCUT2D eigenvalue weighted by atomic mass is 10.2. The minimum Gasteiger partial charge on any atom is -0.339 e. The van der Waals surface area contributed by atoms with Gasteiger partial charge in [-0.15, -0.1) is 0 Å². The van der Waals surface area contributed by atoms with Crippen LogP contribution in [-0.2, 0) is 4.79 Å². The standard InChI is InChI=1S/C17H17Cl2N5O2/c1-11(25)23-4-6-24(7-5-23)16(26)15-2-3-20-17(22-15)21-14-9-12(18)8-13(19)10-14/h2-3,8-10H,4-7H2,1H3,(H,20,21,22). The summed E-state index contributed by atoms with van der Waals surface area (Å²) in [6, 6.07) is 6.56. The van der Waals surface area contributed by atoms with Crippen molar-refractivity contribution in [1.29, 1.82) is 0 Å². The van der Waals surface area contributed by atoms with Crippen molar-refractivity contribution in [3.63, 3.8) is 0 Å². The van der Waals surface area contributed by atoms with Gasteiger partial charge in [0.1, 0.15) is 5.69 Å². The lowest BCUT2D eigenvalue weighted by Gasteiger charge is -2.34. The molecule has 1 N–H and O–H groups in total. The van der Waals surface area contributed by atoms with Crippen molar-refractivity contribution >= 4 is 46.7 Å². The first-order chi connectivity index (χ1) is 12.4. The quantitative estimate of drug-likeness (QED) is 0.866. The molecule has 0 saturated carbocycles. The molecule has 0 bridgehead atoms. The predicted molar refractivity (Wildman–Crippen MR) is 99.9 cm³/mol. The summed E-state index contributed by atoms with van der Waals surface area (Å²) < 4.78 is 0. The molecule has 2 amide bonds. The van der Waals surface area contributed by atoms with Crippen LogP contribution in [0.15, 0.2) is 30.5 Å². The second-order valence-electron chi connectivity index (χ2n) is 5.85. The molecule has 2 aromatic rings. The highest BCUT2D eigenvalue weighted by atomic mass is 35.5. The monoisotopic (exact) mass is 393 g/mol. The van der Waals surface area contributed by atoms with Gasteiger partial charge in [0, 0.05) is 55.0 Å². The fourth-order valence-electron chi connectivity index (χ4n) is 2.68. The summed E-state index contributed by atoms with van der Waals surface area (Å²) in [7, 11) is 0. The molecular weight excluding hydrogens is 377 g/mol. The van der Waals surface area contributed by atoms with Crippen molar-refractivity contribution < 1.29 is 9.59 Å². The van der Waals surface area contributed by atoms with E-state index in [1.807, 2.05) is 0 Å². The summed E-state index contributed by atoms with van der Waals surface area (Å²) in [5.74, 6) is 0.102. The van der Waals surface area contributed by atoms with Crippen LogP contribution in [0.2, 0.25) is 10.0 Å². The van der Waals surface area contributed by atoms with Gasteiger partial charge < -0.3 is 15.1 Å². The number of carbonyl (C=O) groups is 2. The van der Waals surface area contributed by atoms with Crippen LogP contribution in [0.25, 0.3) is 0 Å². The van der Waals surface area contributed by atoms with Crippen LogP contribution in [0.4, 0.5) is 11.6 Å². The molecule has 1 aromatic carbocycles. The predicted octanol–water partition coefficient (Wildman–Crippen LogP) is 2.83. The van der Waals surface area contributed by atoms with Crippen LogP contribution in [-0.4, -0.2) is 57.8 Å². The zero-order valence-electron chi connectivity index (χ0n) is 14.1. The van der Waals surface area contributed by atoms with E-state index in [0.717, 1.165) is 0 Å². The Labute approximate surface area is 160 Å². The lowest BCUT2D eigenvalue weighted by Crippen LogP contribution is -2.50. The Balaban J connectivity index is 1.71. The topological polar surface area (TPSA) is 78.4 Å². The maximum atomic E-state index is 12.7. The van der Waals surface area contributed by atoms with E-state index in [9.17, 15) is 9.59 Å². The van der Waals surface area contributed by atoms with E-state index in [0.29, 0.717) is 41.9 Å². The van der Waals surface area contributed by atoms with Gasteiger partial charge in [-0.05, 0) is 24.3 Å². The van der Waals surface area contributed by atoms with E-state index < -0.39 is 0 Å². The van der Waals surface area contributed by atoms with Gasteiger partial charge in [0.25, 0.3) is 5.91 Å². The number of nitrogens with one attached hydrogen (secondary N) is 1. The summed E-state index contributed by atoms with van der Waals surface area (Å²) in [5.41, 5.74) is 0.911. The molecule has 0 radical (unpaired) electrons. The SMILES string of the molecule is CC(=O)N1CCN(C(=O)c2ccnc(Nc3cc(Cl)cc(Cl)c3)n2)CC1. The zero-order valence-corrected chi connectivity index (χ0v) is 15.6. The minimum absolute atomic E-state index is 0.0193. The minimum atomic E-state index is -0.192. The van der Waals surface area contributed by atoms with Crippen molar-refractivity contribution in [3.8, 4) is 0 Å². The number of hydrogen-bond acceptors (Lipinski definition) is 5. The van der Waals surface area contributed by atoms with Crippen LogP contribution in [0.3, 0.4) is 0 Å². The lowest BCUT2D eigenvalue weighted by molar-refractivity contribution is -0.130. The van der Waals surface area contributed by atoms with E-state index in [1.54, 1.807) is 34.1 Å². The third-order valence-corrected chi connectivity index (χ3v) is 4.44. The summed E-state index contributed by atoms with van der Waals surface area (Å²) >= 11 is 12.0. The Morgan fingerprint density at radius 1 is 1.04 bits per heavy atom. The summed E-state index contributed by atoms with van der Waals surface area (Å²) in [6.45, 7) is 3.54. The van der Waals surface area contributed by atoms with Gasteiger partial charge in [0.2, 0.25) is 11.9 Å². The fraction of sp³-hybridized carbons (Fsp3) is 0.294. The molecule has 2 heterocycles. The number of halogens is 2. The maximum absolute atomic E-state index is 12.7. The Kier molecular flexibility index (Phi) is 5.58. The number of benzene rings is 1. The van der Waals surface area contributed by atoms with Crippen molar-refractivity contribution in [1.82, 2.24) is 19.8 Å². The Bertz CT molecular complexity index is 817. The molecule has 1 saturated heterocycles. The molecule has 0 unspecified atom stereocenters. The van der Waals surface area contributed by atoms with Gasteiger partial charge in [0.05, 0.1) is 0 Å². The van der Waals surface area contributed by atoms with Crippen molar-refractivity contribution in [2.75, 3.05) is 31.5 Å². The largest absolute Gasteiger partial charge is 0.339 e. The number of aromatic nitrogens is 2. The van der Waals surface area contributed by atoms with Crippen molar-refractivity contribution in [2.45, 2.75) is 6.92 Å². The number of anilines is 2. The molecule has 9 heteroatoms. The Morgan fingerprint density at radius 2 is 1.65 bits per heavy atom. The molecule has 3 rings (SSSR count). The van der Waals surface area contributed by atoms with Gasteiger partial charge in [-0.2, -0.15) is 0 Å². The van der Waals surface area contributed by atoms with Gasteiger partial charge >= 0.3 is 0 Å². The number of nitrogens with zero attached hydrogens (tertiary/aromatic N) is 4. The summed E-state index contributed by atoms with van der Waals surface area (Å²) in [4.78, 5) is 35.8. The summed E-state index contributed by atoms with van der Waals surface area (Å²) in [6.07, 6.45) is 1.51. The first kappa shape index (κ1) is 18.4. The number of rotatable bonds is 3. The molecule has 136 valence electrons. The molecule has 1 aliphatic heterocycles. The highest BCUT2D eigenvalue weighted by Crippen LogP contribution is 2.24. The van der Waals surface area contributed by atoms with Gasteiger partial charge in [-0.25, -0.2) is 9.97 Å². The van der Waals surface area contributed by atoms with Crippen LogP contribution < -0.4 is 5.32 Å². The van der Waals surface area contributed by atoms with Crippen LogP contribution in [0.5, 0.6) is 0 Å². The third kappa shape index (κ3) is 4.42. The smallest absolute Gasteiger partial charge is 0.272 e. The first-order valence-corrected chi connectivity index (χ1v) is 8.79. The first-order valence-electron chi connectivity index (χ1n) is 8.03. The van der Waals surface area contributed by atoms with E-state index in [2.05, 4.69) is 15.3 Å². The molecule has 1 fully saturated rings. The maximum Gasteiger partial charge on any atom is 0.272 e. The van der Waals surface area contributed by atoms with Gasteiger partial charge in [0.15, 0.2) is 0 Å². The average Bonchev–Trinajstić information content (AvgIpc) is 2.60. The van der Waals surface area contributed by atoms with Gasteiger partial charge in [-0.3, -0.25) is 9.59 Å². The number of amides is 2. The molecule has 0 aliphatic carbocycles. The van der Waals surface area contributed by atoms with Gasteiger partial charge in [-0.1, -0.05) is 23.2 Å². The Morgan fingerprint density at radius 3 is 2.27 bits per heavy atom. The molecule has 1 aliphatic rings. The van der Waals surface area contributed by atoms with E-state index in [1.165, 1.54) is 13.1 Å². The van der Waals surface area contributed by atoms with E-state index in [4.69, 9.17) is 23.2 Å². The highest BCUT2D eigenvalue weighted by molar-refractivity contribution is 6.35. The second-order valence-corrected chi connectivity index (χ2v) is 6.72. The fourth-order valence-corrected chi connectivity index (χ4v) is 3.21. The average molecular weight is 394 g/mol. The third-order valence-electron chi connectivity index (χ3n) is 4.01. The van der Waals surface area contributed by atoms with Crippen LogP contribution in [0.1, 0.15) is 17.4 Å². The number of hydrogen-bond donors (Lipinski definition) is 1. The number of carbonyl (C=O) groups excluding carboxylic acids is 2. The summed E-state index contributed by atoms with van der Waals surface area (Å²) in [5, 5.41) is 3.96. The molecule has 26 heavy (non-hydrogen) atoms. The molecular formula is C17H17Cl2N5O2. The molecule has 1 aromatic heterocycles. The normalized spacial score (nSPS) is 14.3. The zero-order chi connectivity index (χ0) is 18.7. The van der Waals surface area contributed by atoms with E-state index in [-0.39, 0.29) is 23.5 Å². The highest BCUT2D eigenvalue weighted by Gasteiger charge is 2.24. The Hall–Kier alpha value is -2.38. The second kappa shape index (κ2) is 7.88. The van der Waals surface area contributed by atoms with E-state index >= 15 is 0 Å².